The summed E-state index contributed by atoms with van der Waals surface area (Å²) in [5.74, 6) is 2.96. The third-order valence-corrected chi connectivity index (χ3v) is 3.82. The van der Waals surface area contributed by atoms with E-state index in [1.165, 1.54) is 5.56 Å². The van der Waals surface area contributed by atoms with Crippen molar-refractivity contribution in [2.24, 2.45) is 4.99 Å². The minimum absolute atomic E-state index is 0. The molecular formula is C20H28IN3O3. The summed E-state index contributed by atoms with van der Waals surface area (Å²) < 4.78 is 15.8. The van der Waals surface area contributed by atoms with Gasteiger partial charge in [-0.15, -0.1) is 24.0 Å². The van der Waals surface area contributed by atoms with Crippen molar-refractivity contribution in [2.75, 3.05) is 39.7 Å². The van der Waals surface area contributed by atoms with E-state index in [-0.39, 0.29) is 24.0 Å². The highest BCUT2D eigenvalue weighted by molar-refractivity contribution is 14.0. The topological polar surface area (TPSA) is 64.1 Å². The fourth-order valence-electron chi connectivity index (χ4n) is 2.45. The Labute approximate surface area is 178 Å². The zero-order valence-electron chi connectivity index (χ0n) is 16.2. The maximum atomic E-state index is 5.34. The van der Waals surface area contributed by atoms with Gasteiger partial charge in [-0.2, -0.15) is 0 Å². The minimum Gasteiger partial charge on any atom is -0.497 e. The Morgan fingerprint density at radius 1 is 0.926 bits per heavy atom. The summed E-state index contributed by atoms with van der Waals surface area (Å²) in [6.07, 6.45) is 0.854. The predicted molar refractivity (Wildman–Crippen MR) is 121 cm³/mol. The van der Waals surface area contributed by atoms with Crippen LogP contribution in [0.5, 0.6) is 17.2 Å². The van der Waals surface area contributed by atoms with Crippen LogP contribution in [0.3, 0.4) is 0 Å². The molecular weight excluding hydrogens is 457 g/mol. The van der Waals surface area contributed by atoms with Crippen molar-refractivity contribution in [3.8, 4) is 17.2 Å². The van der Waals surface area contributed by atoms with Gasteiger partial charge in [0.2, 0.25) is 0 Å². The zero-order valence-corrected chi connectivity index (χ0v) is 18.6. The Kier molecular flexibility index (Phi) is 10.4. The van der Waals surface area contributed by atoms with Gasteiger partial charge in [0, 0.05) is 24.8 Å². The fourth-order valence-corrected chi connectivity index (χ4v) is 2.45. The first kappa shape index (κ1) is 22.9. The molecule has 0 saturated heterocycles. The largest absolute Gasteiger partial charge is 0.497 e. The fraction of sp³-hybridized carbons (Fsp3) is 0.350. The molecule has 2 aromatic carbocycles. The average Bonchev–Trinajstić information content (AvgIpc) is 2.68. The third kappa shape index (κ3) is 7.16. The van der Waals surface area contributed by atoms with Gasteiger partial charge in [0.1, 0.15) is 5.75 Å². The lowest BCUT2D eigenvalue weighted by Crippen LogP contribution is -2.30. The second-order valence-corrected chi connectivity index (χ2v) is 5.55. The normalized spacial score (nSPS) is 10.6. The molecule has 27 heavy (non-hydrogen) atoms. The van der Waals surface area contributed by atoms with Crippen molar-refractivity contribution in [2.45, 2.75) is 13.3 Å². The number of guanidine groups is 1. The number of hydrogen-bond donors (Lipinski definition) is 2. The van der Waals surface area contributed by atoms with Crippen LogP contribution in [0.15, 0.2) is 47.5 Å². The van der Waals surface area contributed by atoms with E-state index in [2.05, 4.69) is 27.8 Å². The Hall–Kier alpha value is -2.16. The van der Waals surface area contributed by atoms with Crippen LogP contribution in [0, 0.1) is 0 Å². The van der Waals surface area contributed by atoms with Crippen LogP contribution < -0.4 is 24.8 Å². The summed E-state index contributed by atoms with van der Waals surface area (Å²) in [5.41, 5.74) is 2.10. The molecule has 0 unspecified atom stereocenters. The number of methoxy groups -OCH3 is 3. The van der Waals surface area contributed by atoms with E-state index >= 15 is 0 Å². The van der Waals surface area contributed by atoms with Crippen LogP contribution in [0.4, 0.5) is 5.69 Å². The number of ether oxygens (including phenoxy) is 3. The van der Waals surface area contributed by atoms with Gasteiger partial charge >= 0.3 is 0 Å². The molecule has 0 aromatic heterocycles. The van der Waals surface area contributed by atoms with Crippen LogP contribution in [0.1, 0.15) is 12.5 Å². The second-order valence-electron chi connectivity index (χ2n) is 5.55. The second kappa shape index (κ2) is 12.3. The molecule has 0 radical (unpaired) electrons. The van der Waals surface area contributed by atoms with E-state index in [9.17, 15) is 0 Å². The monoisotopic (exact) mass is 485 g/mol. The molecule has 0 aliphatic rings. The lowest BCUT2D eigenvalue weighted by molar-refractivity contribution is 0.355. The quantitative estimate of drug-likeness (QED) is 0.337. The van der Waals surface area contributed by atoms with E-state index in [0.717, 1.165) is 30.4 Å². The summed E-state index contributed by atoms with van der Waals surface area (Å²) in [6.45, 7) is 3.49. The highest BCUT2D eigenvalue weighted by Crippen LogP contribution is 2.29. The molecule has 7 heteroatoms. The van der Waals surface area contributed by atoms with Gasteiger partial charge in [0.15, 0.2) is 17.5 Å². The molecule has 0 aliphatic carbocycles. The standard InChI is InChI=1S/C20H27N3O3.HI/c1-5-21-20(22-13-12-15-6-9-17(24-2)10-7-15)23-16-8-11-18(25-3)19(14-16)26-4;/h6-11,14H,5,12-13H2,1-4H3,(H2,21,22,23);1H. The summed E-state index contributed by atoms with van der Waals surface area (Å²) in [5, 5.41) is 6.54. The van der Waals surface area contributed by atoms with Crippen LogP contribution in [0.25, 0.3) is 0 Å². The van der Waals surface area contributed by atoms with Gasteiger partial charge in [-0.25, -0.2) is 0 Å². The first-order valence-corrected chi connectivity index (χ1v) is 8.60. The van der Waals surface area contributed by atoms with Crippen LogP contribution in [-0.4, -0.2) is 40.4 Å². The summed E-state index contributed by atoms with van der Waals surface area (Å²) >= 11 is 0. The Morgan fingerprint density at radius 3 is 2.22 bits per heavy atom. The van der Waals surface area contributed by atoms with Crippen molar-refractivity contribution in [3.63, 3.8) is 0 Å². The number of rotatable bonds is 8. The molecule has 2 aromatic rings. The van der Waals surface area contributed by atoms with Gasteiger partial charge in [-0.1, -0.05) is 12.1 Å². The number of nitrogens with one attached hydrogen (secondary N) is 2. The van der Waals surface area contributed by atoms with E-state index in [1.807, 2.05) is 37.3 Å². The van der Waals surface area contributed by atoms with Crippen molar-refractivity contribution in [1.82, 2.24) is 5.32 Å². The lowest BCUT2D eigenvalue weighted by atomic mass is 10.1. The van der Waals surface area contributed by atoms with E-state index in [4.69, 9.17) is 14.2 Å². The molecule has 0 bridgehead atoms. The first-order chi connectivity index (χ1) is 12.7. The Bertz CT molecular complexity index is 721. The third-order valence-electron chi connectivity index (χ3n) is 3.82. The Balaban J connectivity index is 0.00000364. The number of hydrogen-bond acceptors (Lipinski definition) is 4. The maximum absolute atomic E-state index is 5.34. The summed E-state index contributed by atoms with van der Waals surface area (Å²) in [4.78, 5) is 4.64. The molecule has 0 aliphatic heterocycles. The van der Waals surface area contributed by atoms with E-state index in [0.29, 0.717) is 18.0 Å². The molecule has 0 amide bonds. The highest BCUT2D eigenvalue weighted by Gasteiger charge is 2.06. The smallest absolute Gasteiger partial charge is 0.195 e. The van der Waals surface area contributed by atoms with E-state index < -0.39 is 0 Å². The van der Waals surface area contributed by atoms with Crippen LogP contribution in [0.2, 0.25) is 0 Å². The number of nitrogens with zero attached hydrogens (tertiary/aromatic N) is 1. The number of anilines is 1. The Morgan fingerprint density at radius 2 is 1.63 bits per heavy atom. The molecule has 0 saturated carbocycles. The highest BCUT2D eigenvalue weighted by atomic mass is 127. The number of benzene rings is 2. The molecule has 148 valence electrons. The molecule has 2 rings (SSSR count). The zero-order chi connectivity index (χ0) is 18.8. The molecule has 6 nitrogen and oxygen atoms in total. The maximum Gasteiger partial charge on any atom is 0.195 e. The molecule has 0 spiro atoms. The van der Waals surface area contributed by atoms with Gasteiger partial charge < -0.3 is 24.8 Å². The van der Waals surface area contributed by atoms with Crippen molar-refractivity contribution in [1.29, 1.82) is 0 Å². The average molecular weight is 485 g/mol. The van der Waals surface area contributed by atoms with Gasteiger partial charge in [-0.3, -0.25) is 4.99 Å². The molecule has 0 heterocycles. The molecule has 0 fully saturated rings. The summed E-state index contributed by atoms with van der Waals surface area (Å²) in [7, 11) is 4.91. The predicted octanol–water partition coefficient (Wildman–Crippen LogP) is 3.95. The summed E-state index contributed by atoms with van der Waals surface area (Å²) in [6, 6.07) is 13.7. The van der Waals surface area contributed by atoms with Gasteiger partial charge in [0.25, 0.3) is 0 Å². The number of halogens is 1. The van der Waals surface area contributed by atoms with Crippen LogP contribution in [-0.2, 0) is 6.42 Å². The first-order valence-electron chi connectivity index (χ1n) is 8.60. The van der Waals surface area contributed by atoms with E-state index in [1.54, 1.807) is 21.3 Å². The molecule has 0 atom stereocenters. The molecule has 2 N–H and O–H groups in total. The minimum atomic E-state index is 0. The SMILES string of the molecule is CCNC(=NCCc1ccc(OC)cc1)Nc1ccc(OC)c(OC)c1.I. The van der Waals surface area contributed by atoms with Crippen molar-refractivity contribution in [3.05, 3.63) is 48.0 Å². The van der Waals surface area contributed by atoms with Crippen LogP contribution >= 0.6 is 24.0 Å². The van der Waals surface area contributed by atoms with Gasteiger partial charge in [-0.05, 0) is 43.2 Å². The van der Waals surface area contributed by atoms with Gasteiger partial charge in [0.05, 0.1) is 21.3 Å². The van der Waals surface area contributed by atoms with Crippen molar-refractivity contribution < 1.29 is 14.2 Å². The van der Waals surface area contributed by atoms with Crippen molar-refractivity contribution >= 4 is 35.6 Å². The lowest BCUT2D eigenvalue weighted by Gasteiger charge is -2.14. The number of aliphatic imine (C=N–C) groups is 1.